The van der Waals surface area contributed by atoms with E-state index in [0.717, 1.165) is 0 Å². The summed E-state index contributed by atoms with van der Waals surface area (Å²) in [7, 11) is 1.45. The van der Waals surface area contributed by atoms with Crippen molar-refractivity contribution in [1.29, 1.82) is 0 Å². The number of methoxy groups -OCH3 is 1. The number of hydrogen-bond donors (Lipinski definition) is 3. The summed E-state index contributed by atoms with van der Waals surface area (Å²) in [4.78, 5) is 22.7. The van der Waals surface area contributed by atoms with E-state index in [4.69, 9.17) is 14.6 Å². The van der Waals surface area contributed by atoms with Crippen LogP contribution in [0.15, 0.2) is 18.2 Å². The van der Waals surface area contributed by atoms with Crippen molar-refractivity contribution >= 4 is 17.7 Å². The molecule has 0 aliphatic heterocycles. The summed E-state index contributed by atoms with van der Waals surface area (Å²) in [6.07, 6.45) is 0.702. The van der Waals surface area contributed by atoms with E-state index in [1.807, 2.05) is 6.92 Å². The number of urea groups is 1. The highest BCUT2D eigenvalue weighted by molar-refractivity contribution is 5.94. The van der Waals surface area contributed by atoms with Crippen molar-refractivity contribution in [2.75, 3.05) is 32.2 Å². The summed E-state index contributed by atoms with van der Waals surface area (Å²) in [5, 5.41) is 14.2. The molecular weight excluding hydrogens is 276 g/mol. The Morgan fingerprint density at radius 1 is 1.33 bits per heavy atom. The zero-order chi connectivity index (χ0) is 15.7. The number of ether oxygens (including phenoxy) is 2. The lowest BCUT2D eigenvalue weighted by atomic mass is 10.2. The van der Waals surface area contributed by atoms with Crippen molar-refractivity contribution in [2.45, 2.75) is 13.3 Å². The molecule has 0 saturated carbocycles. The van der Waals surface area contributed by atoms with Crippen LogP contribution in [0.2, 0.25) is 0 Å². The summed E-state index contributed by atoms with van der Waals surface area (Å²) in [6, 6.07) is 3.83. The number of carboxylic acid groups (broad SMARTS) is 1. The van der Waals surface area contributed by atoms with E-state index >= 15 is 0 Å². The zero-order valence-corrected chi connectivity index (χ0v) is 12.1. The van der Waals surface area contributed by atoms with Gasteiger partial charge in [-0.05, 0) is 31.5 Å². The minimum atomic E-state index is -1.07. The zero-order valence-electron chi connectivity index (χ0n) is 12.1. The maximum atomic E-state index is 11.7. The highest BCUT2D eigenvalue weighted by Gasteiger charge is 2.11. The molecule has 0 spiro atoms. The number of amides is 2. The van der Waals surface area contributed by atoms with Gasteiger partial charge in [0, 0.05) is 19.8 Å². The fraction of sp³-hybridized carbons (Fsp3) is 0.429. The number of anilines is 1. The average molecular weight is 296 g/mol. The topological polar surface area (TPSA) is 96.9 Å². The lowest BCUT2D eigenvalue weighted by molar-refractivity contribution is 0.0697. The Morgan fingerprint density at radius 3 is 2.71 bits per heavy atom. The van der Waals surface area contributed by atoms with Crippen molar-refractivity contribution in [1.82, 2.24) is 5.32 Å². The summed E-state index contributed by atoms with van der Waals surface area (Å²) in [6.45, 7) is 3.59. The number of nitrogens with one attached hydrogen (secondary N) is 2. The van der Waals surface area contributed by atoms with Crippen LogP contribution in [0.1, 0.15) is 23.7 Å². The molecule has 0 radical (unpaired) electrons. The molecule has 0 atom stereocenters. The Kier molecular flexibility index (Phi) is 7.03. The van der Waals surface area contributed by atoms with Gasteiger partial charge < -0.3 is 25.2 Å². The first-order chi connectivity index (χ1) is 10.1. The molecule has 0 heterocycles. The van der Waals surface area contributed by atoms with Gasteiger partial charge in [0.05, 0.1) is 18.4 Å². The fourth-order valence-electron chi connectivity index (χ4n) is 1.63. The van der Waals surface area contributed by atoms with E-state index < -0.39 is 12.0 Å². The number of aromatic carboxylic acids is 1. The molecule has 0 aliphatic rings. The predicted molar refractivity (Wildman–Crippen MR) is 78.1 cm³/mol. The van der Waals surface area contributed by atoms with Gasteiger partial charge in [0.15, 0.2) is 0 Å². The molecule has 0 fully saturated rings. The third kappa shape index (κ3) is 5.70. The van der Waals surface area contributed by atoms with Gasteiger partial charge in [-0.25, -0.2) is 9.59 Å². The highest BCUT2D eigenvalue weighted by Crippen LogP contribution is 2.25. The first kappa shape index (κ1) is 16.8. The van der Waals surface area contributed by atoms with Crippen molar-refractivity contribution in [3.63, 3.8) is 0 Å². The molecule has 0 aromatic heterocycles. The van der Waals surface area contributed by atoms with E-state index in [2.05, 4.69) is 10.6 Å². The van der Waals surface area contributed by atoms with Crippen molar-refractivity contribution in [2.24, 2.45) is 0 Å². The number of carboxylic acids is 1. The van der Waals surface area contributed by atoms with Gasteiger partial charge in [0.2, 0.25) is 0 Å². The number of hydrogen-bond acceptors (Lipinski definition) is 4. The van der Waals surface area contributed by atoms with Crippen LogP contribution in [0.25, 0.3) is 0 Å². The van der Waals surface area contributed by atoms with E-state index in [0.29, 0.717) is 37.6 Å². The van der Waals surface area contributed by atoms with Gasteiger partial charge in [-0.15, -0.1) is 0 Å². The number of carbonyl (C=O) groups excluding carboxylic acids is 1. The molecular formula is C14H20N2O5. The van der Waals surface area contributed by atoms with Gasteiger partial charge in [0.25, 0.3) is 0 Å². The first-order valence-electron chi connectivity index (χ1n) is 6.62. The third-order valence-corrected chi connectivity index (χ3v) is 2.65. The van der Waals surface area contributed by atoms with Gasteiger partial charge in [-0.2, -0.15) is 0 Å². The van der Waals surface area contributed by atoms with E-state index in [-0.39, 0.29) is 5.56 Å². The second kappa shape index (κ2) is 8.80. The van der Waals surface area contributed by atoms with Crippen LogP contribution in [0, 0.1) is 0 Å². The largest absolute Gasteiger partial charge is 0.495 e. The molecule has 2 amide bonds. The van der Waals surface area contributed by atoms with Gasteiger partial charge in [0.1, 0.15) is 5.75 Å². The smallest absolute Gasteiger partial charge is 0.335 e. The minimum Gasteiger partial charge on any atom is -0.495 e. The van der Waals surface area contributed by atoms with Crippen LogP contribution >= 0.6 is 0 Å². The summed E-state index contributed by atoms with van der Waals surface area (Å²) >= 11 is 0. The van der Waals surface area contributed by atoms with E-state index in [9.17, 15) is 9.59 Å². The molecule has 1 aromatic carbocycles. The van der Waals surface area contributed by atoms with Crippen LogP contribution in [0.5, 0.6) is 5.75 Å². The molecule has 1 rings (SSSR count). The Balaban J connectivity index is 2.57. The second-order valence-electron chi connectivity index (χ2n) is 4.15. The lowest BCUT2D eigenvalue weighted by Gasteiger charge is -2.12. The fourth-order valence-corrected chi connectivity index (χ4v) is 1.63. The van der Waals surface area contributed by atoms with Crippen molar-refractivity contribution in [3.05, 3.63) is 23.8 Å². The van der Waals surface area contributed by atoms with Crippen molar-refractivity contribution < 1.29 is 24.2 Å². The van der Waals surface area contributed by atoms with Crippen LogP contribution in [0.4, 0.5) is 10.5 Å². The maximum Gasteiger partial charge on any atom is 0.335 e. The van der Waals surface area contributed by atoms with Gasteiger partial charge >= 0.3 is 12.0 Å². The van der Waals surface area contributed by atoms with Crippen LogP contribution in [-0.2, 0) is 4.74 Å². The van der Waals surface area contributed by atoms with E-state index in [1.54, 1.807) is 0 Å². The quantitative estimate of drug-likeness (QED) is 0.637. The summed E-state index contributed by atoms with van der Waals surface area (Å²) in [5.41, 5.74) is 0.377. The Hall–Kier alpha value is -2.28. The monoisotopic (exact) mass is 296 g/mol. The Labute approximate surface area is 123 Å². The molecule has 3 N–H and O–H groups in total. The van der Waals surface area contributed by atoms with Crippen LogP contribution in [0.3, 0.4) is 0 Å². The molecule has 116 valence electrons. The molecule has 0 aliphatic carbocycles. The molecule has 7 nitrogen and oxygen atoms in total. The lowest BCUT2D eigenvalue weighted by Crippen LogP contribution is -2.30. The third-order valence-electron chi connectivity index (χ3n) is 2.65. The second-order valence-corrected chi connectivity index (χ2v) is 4.15. The number of benzene rings is 1. The minimum absolute atomic E-state index is 0.0717. The first-order valence-corrected chi connectivity index (χ1v) is 6.62. The van der Waals surface area contributed by atoms with Gasteiger partial charge in [-0.1, -0.05) is 0 Å². The van der Waals surface area contributed by atoms with E-state index in [1.165, 1.54) is 25.3 Å². The molecule has 1 aromatic rings. The molecule has 7 heteroatoms. The Morgan fingerprint density at radius 2 is 2.10 bits per heavy atom. The molecule has 0 unspecified atom stereocenters. The molecule has 0 bridgehead atoms. The van der Waals surface area contributed by atoms with Gasteiger partial charge in [-0.3, -0.25) is 0 Å². The highest BCUT2D eigenvalue weighted by atomic mass is 16.5. The Bertz CT molecular complexity index is 490. The molecule has 0 saturated heterocycles. The van der Waals surface area contributed by atoms with Crippen LogP contribution < -0.4 is 15.4 Å². The standard InChI is InChI=1S/C14H20N2O5/c1-3-21-8-4-7-15-14(19)16-11-9-10(13(17)18)5-6-12(11)20-2/h5-6,9H,3-4,7-8H2,1-2H3,(H,17,18)(H2,15,16,19). The maximum absolute atomic E-state index is 11.7. The summed E-state index contributed by atoms with van der Waals surface area (Å²) in [5.74, 6) is -0.678. The number of carbonyl (C=O) groups is 2. The molecule has 21 heavy (non-hydrogen) atoms. The SMILES string of the molecule is CCOCCCNC(=O)Nc1cc(C(=O)O)ccc1OC. The predicted octanol–water partition coefficient (Wildman–Crippen LogP) is 1.94. The van der Waals surface area contributed by atoms with Crippen LogP contribution in [-0.4, -0.2) is 44.0 Å². The number of rotatable bonds is 8. The van der Waals surface area contributed by atoms with Crippen molar-refractivity contribution in [3.8, 4) is 5.75 Å². The normalized spacial score (nSPS) is 10.0. The average Bonchev–Trinajstić information content (AvgIpc) is 2.46. The summed E-state index contributed by atoms with van der Waals surface area (Å²) < 4.78 is 10.2.